The first-order chi connectivity index (χ1) is 9.52. The van der Waals surface area contributed by atoms with Gasteiger partial charge in [0.1, 0.15) is 5.69 Å². The zero-order chi connectivity index (χ0) is 14.7. The van der Waals surface area contributed by atoms with Gasteiger partial charge in [-0.05, 0) is 30.9 Å². The third kappa shape index (κ3) is 3.07. The van der Waals surface area contributed by atoms with Crippen LogP contribution in [-0.4, -0.2) is 24.4 Å². The summed E-state index contributed by atoms with van der Waals surface area (Å²) in [5.41, 5.74) is 1.51. The van der Waals surface area contributed by atoms with Crippen molar-refractivity contribution >= 4 is 11.6 Å². The van der Waals surface area contributed by atoms with Gasteiger partial charge >= 0.3 is 0 Å². The van der Waals surface area contributed by atoms with Gasteiger partial charge in [-0.3, -0.25) is 10.6 Å². The minimum Gasteiger partial charge on any atom is -0.341 e. The van der Waals surface area contributed by atoms with Gasteiger partial charge in [0.15, 0.2) is 11.6 Å². The number of hydrogen-bond donors (Lipinski definition) is 2. The number of hydrogen-bond acceptors (Lipinski definition) is 3. The van der Waals surface area contributed by atoms with Crippen LogP contribution in [0, 0.1) is 17.6 Å². The SMILES string of the molecule is CN(CC1CCCC1)C(=O)c1cc(F)c(NN)c(F)c1. The number of nitrogens with zero attached hydrogens (tertiary/aromatic N) is 1. The largest absolute Gasteiger partial charge is 0.341 e. The maximum Gasteiger partial charge on any atom is 0.253 e. The third-order valence-electron chi connectivity index (χ3n) is 3.79. The summed E-state index contributed by atoms with van der Waals surface area (Å²) >= 11 is 0. The Kier molecular flexibility index (Phi) is 4.54. The molecule has 0 heterocycles. The van der Waals surface area contributed by atoms with Crippen molar-refractivity contribution < 1.29 is 13.6 Å². The number of rotatable bonds is 4. The quantitative estimate of drug-likeness (QED) is 0.659. The molecule has 4 nitrogen and oxygen atoms in total. The Morgan fingerprint density at radius 3 is 2.40 bits per heavy atom. The van der Waals surface area contributed by atoms with Gasteiger partial charge in [-0.25, -0.2) is 8.78 Å². The molecule has 1 aliphatic carbocycles. The Morgan fingerprint density at radius 1 is 1.35 bits per heavy atom. The number of halogens is 2. The first-order valence-corrected chi connectivity index (χ1v) is 6.74. The molecule has 0 saturated heterocycles. The van der Waals surface area contributed by atoms with Gasteiger partial charge < -0.3 is 10.3 Å². The van der Waals surface area contributed by atoms with Gasteiger partial charge in [-0.2, -0.15) is 0 Å². The van der Waals surface area contributed by atoms with E-state index in [4.69, 9.17) is 5.84 Å². The number of carbonyl (C=O) groups excluding carboxylic acids is 1. The summed E-state index contributed by atoms with van der Waals surface area (Å²) in [4.78, 5) is 13.7. The summed E-state index contributed by atoms with van der Waals surface area (Å²) in [6.45, 7) is 0.624. The van der Waals surface area contributed by atoms with Crippen LogP contribution in [0.1, 0.15) is 36.0 Å². The summed E-state index contributed by atoms with van der Waals surface area (Å²) in [5.74, 6) is 3.39. The van der Waals surface area contributed by atoms with Crippen molar-refractivity contribution in [3.05, 3.63) is 29.3 Å². The van der Waals surface area contributed by atoms with Crippen LogP contribution >= 0.6 is 0 Å². The lowest BCUT2D eigenvalue weighted by Crippen LogP contribution is -2.31. The van der Waals surface area contributed by atoms with Gasteiger partial charge in [0.05, 0.1) is 0 Å². The number of amides is 1. The predicted molar refractivity (Wildman–Crippen MR) is 73.1 cm³/mol. The molecule has 1 saturated carbocycles. The number of benzene rings is 1. The lowest BCUT2D eigenvalue weighted by molar-refractivity contribution is 0.0772. The minimum absolute atomic E-state index is 0.000466. The van der Waals surface area contributed by atoms with Crippen LogP contribution < -0.4 is 11.3 Å². The van der Waals surface area contributed by atoms with E-state index < -0.39 is 17.3 Å². The normalized spacial score (nSPS) is 15.4. The summed E-state index contributed by atoms with van der Waals surface area (Å²) in [6.07, 6.45) is 4.59. The first kappa shape index (κ1) is 14.7. The van der Waals surface area contributed by atoms with Crippen molar-refractivity contribution in [1.82, 2.24) is 4.90 Å². The Hall–Kier alpha value is -1.69. The molecule has 0 aliphatic heterocycles. The fraction of sp³-hybridized carbons (Fsp3) is 0.500. The second-order valence-electron chi connectivity index (χ2n) is 5.30. The highest BCUT2D eigenvalue weighted by Gasteiger charge is 2.22. The number of nitrogen functional groups attached to an aromatic ring is 1. The van der Waals surface area contributed by atoms with E-state index in [0.29, 0.717) is 12.5 Å². The second-order valence-corrected chi connectivity index (χ2v) is 5.30. The van der Waals surface area contributed by atoms with Crippen LogP contribution in [0.4, 0.5) is 14.5 Å². The van der Waals surface area contributed by atoms with Crippen molar-refractivity contribution in [2.75, 3.05) is 19.0 Å². The fourth-order valence-corrected chi connectivity index (χ4v) is 2.72. The number of anilines is 1. The summed E-state index contributed by atoms with van der Waals surface area (Å²) in [5, 5.41) is 0. The smallest absolute Gasteiger partial charge is 0.253 e. The van der Waals surface area contributed by atoms with Gasteiger partial charge in [0.2, 0.25) is 0 Å². The number of nitrogens with two attached hydrogens (primary N) is 1. The van der Waals surface area contributed by atoms with Crippen molar-refractivity contribution in [3.8, 4) is 0 Å². The summed E-state index contributed by atoms with van der Waals surface area (Å²) in [7, 11) is 1.66. The van der Waals surface area contributed by atoms with Gasteiger partial charge in [-0.15, -0.1) is 0 Å². The fourth-order valence-electron chi connectivity index (χ4n) is 2.72. The van der Waals surface area contributed by atoms with E-state index in [1.165, 1.54) is 17.7 Å². The molecule has 0 radical (unpaired) electrons. The second kappa shape index (κ2) is 6.17. The van der Waals surface area contributed by atoms with Crippen molar-refractivity contribution in [3.63, 3.8) is 0 Å². The maximum absolute atomic E-state index is 13.6. The maximum atomic E-state index is 13.6. The van der Waals surface area contributed by atoms with E-state index in [9.17, 15) is 13.6 Å². The van der Waals surface area contributed by atoms with E-state index in [-0.39, 0.29) is 11.5 Å². The topological polar surface area (TPSA) is 58.4 Å². The standard InChI is InChI=1S/C14H19F2N3O/c1-19(8-9-4-2-3-5-9)14(20)10-6-11(15)13(18-17)12(16)7-10/h6-7,9,18H,2-5,8,17H2,1H3. The molecule has 1 fully saturated rings. The van der Waals surface area contributed by atoms with Crippen LogP contribution in [0.5, 0.6) is 0 Å². The van der Waals surface area contributed by atoms with Crippen molar-refractivity contribution in [2.24, 2.45) is 11.8 Å². The van der Waals surface area contributed by atoms with E-state index in [2.05, 4.69) is 0 Å². The molecule has 20 heavy (non-hydrogen) atoms. The Bertz CT molecular complexity index is 478. The molecular formula is C14H19F2N3O. The van der Waals surface area contributed by atoms with Crippen molar-refractivity contribution in [1.29, 1.82) is 0 Å². The molecule has 1 aromatic rings. The van der Waals surface area contributed by atoms with Crippen molar-refractivity contribution in [2.45, 2.75) is 25.7 Å². The predicted octanol–water partition coefficient (Wildman–Crippen LogP) is 2.51. The Labute approximate surface area is 116 Å². The molecule has 6 heteroatoms. The third-order valence-corrected chi connectivity index (χ3v) is 3.79. The average molecular weight is 283 g/mol. The lowest BCUT2D eigenvalue weighted by Gasteiger charge is -2.21. The van der Waals surface area contributed by atoms with Crippen LogP contribution in [0.3, 0.4) is 0 Å². The van der Waals surface area contributed by atoms with E-state index in [0.717, 1.165) is 25.0 Å². The molecule has 110 valence electrons. The van der Waals surface area contributed by atoms with Crippen LogP contribution in [0.2, 0.25) is 0 Å². The number of nitrogens with one attached hydrogen (secondary N) is 1. The highest BCUT2D eigenvalue weighted by Crippen LogP contribution is 2.26. The Morgan fingerprint density at radius 2 is 1.90 bits per heavy atom. The molecule has 0 atom stereocenters. The van der Waals surface area contributed by atoms with Crippen LogP contribution in [0.15, 0.2) is 12.1 Å². The zero-order valence-electron chi connectivity index (χ0n) is 11.5. The average Bonchev–Trinajstić information content (AvgIpc) is 2.90. The highest BCUT2D eigenvalue weighted by atomic mass is 19.1. The molecule has 0 unspecified atom stereocenters. The molecule has 0 spiro atoms. The molecule has 1 amide bonds. The summed E-state index contributed by atoms with van der Waals surface area (Å²) in [6, 6.07) is 2.01. The van der Waals surface area contributed by atoms with Gasteiger partial charge in [-0.1, -0.05) is 12.8 Å². The zero-order valence-corrected chi connectivity index (χ0v) is 11.5. The highest BCUT2D eigenvalue weighted by molar-refractivity contribution is 5.94. The molecule has 1 aromatic carbocycles. The number of carbonyl (C=O) groups is 1. The number of hydrazine groups is 1. The molecule has 3 N–H and O–H groups in total. The molecule has 0 aromatic heterocycles. The first-order valence-electron chi connectivity index (χ1n) is 6.74. The van der Waals surface area contributed by atoms with Crippen LogP contribution in [0.25, 0.3) is 0 Å². The molecule has 0 bridgehead atoms. The van der Waals surface area contributed by atoms with E-state index in [1.807, 2.05) is 5.43 Å². The van der Waals surface area contributed by atoms with E-state index in [1.54, 1.807) is 7.05 Å². The van der Waals surface area contributed by atoms with Gasteiger partial charge in [0, 0.05) is 19.2 Å². The molecule has 1 aliphatic rings. The summed E-state index contributed by atoms with van der Waals surface area (Å²) < 4.78 is 27.2. The van der Waals surface area contributed by atoms with Crippen LogP contribution in [-0.2, 0) is 0 Å². The van der Waals surface area contributed by atoms with Gasteiger partial charge in [0.25, 0.3) is 5.91 Å². The lowest BCUT2D eigenvalue weighted by atomic mass is 10.1. The molecular weight excluding hydrogens is 264 g/mol. The Balaban J connectivity index is 2.11. The minimum atomic E-state index is -0.870. The van der Waals surface area contributed by atoms with E-state index >= 15 is 0 Å². The molecule has 2 rings (SSSR count). The monoisotopic (exact) mass is 283 g/mol.